The topological polar surface area (TPSA) is 52.0 Å². The van der Waals surface area contributed by atoms with Gasteiger partial charge >= 0.3 is 0 Å². The highest BCUT2D eigenvalue weighted by atomic mass is 16.5. The summed E-state index contributed by atoms with van der Waals surface area (Å²) in [5.74, 6) is 3.57. The van der Waals surface area contributed by atoms with E-state index < -0.39 is 0 Å². The maximum absolute atomic E-state index is 5.92. The summed E-state index contributed by atoms with van der Waals surface area (Å²) >= 11 is 0. The summed E-state index contributed by atoms with van der Waals surface area (Å²) in [4.78, 5) is 0. The van der Waals surface area contributed by atoms with E-state index in [1.165, 1.54) is 36.9 Å². The lowest BCUT2D eigenvalue weighted by molar-refractivity contribution is 0.425. The molecule has 1 aromatic heterocycles. The van der Waals surface area contributed by atoms with Crippen molar-refractivity contribution in [2.75, 3.05) is 5.73 Å². The Kier molecular flexibility index (Phi) is 2.64. The molecule has 94 valence electrons. The summed E-state index contributed by atoms with van der Waals surface area (Å²) in [6.07, 6.45) is 6.54. The number of nitrogens with two attached hydrogens (primary N) is 1. The van der Waals surface area contributed by atoms with Gasteiger partial charge in [-0.1, -0.05) is 31.8 Å². The van der Waals surface area contributed by atoms with Crippen LogP contribution in [-0.2, 0) is 6.42 Å². The van der Waals surface area contributed by atoms with E-state index in [2.05, 4.69) is 19.0 Å². The molecule has 3 rings (SSSR count). The molecule has 1 aromatic rings. The van der Waals surface area contributed by atoms with Crippen LogP contribution >= 0.6 is 0 Å². The molecular weight excluding hydrogens is 212 g/mol. The monoisotopic (exact) mass is 234 g/mol. The predicted octanol–water partition coefficient (Wildman–Crippen LogP) is 3.36. The molecule has 17 heavy (non-hydrogen) atoms. The van der Waals surface area contributed by atoms with Gasteiger partial charge < -0.3 is 10.3 Å². The number of anilines is 1. The quantitative estimate of drug-likeness (QED) is 0.872. The number of hydrogen-bond acceptors (Lipinski definition) is 3. The smallest absolute Gasteiger partial charge is 0.225 e. The molecule has 0 aromatic carbocycles. The van der Waals surface area contributed by atoms with Gasteiger partial charge in [0.25, 0.3) is 0 Å². The maximum atomic E-state index is 5.92. The minimum absolute atomic E-state index is 0.553. The van der Waals surface area contributed by atoms with Crippen LogP contribution in [-0.4, -0.2) is 5.16 Å². The lowest BCUT2D eigenvalue weighted by atomic mass is 10.00. The van der Waals surface area contributed by atoms with Gasteiger partial charge in [-0.3, -0.25) is 0 Å². The second kappa shape index (κ2) is 4.04. The molecule has 0 saturated heterocycles. The molecule has 0 radical (unpaired) electrons. The summed E-state index contributed by atoms with van der Waals surface area (Å²) in [5, 5.41) is 4.25. The SMILES string of the molecule is CC(C)Cc1c(C2C3CCCCC32)noc1N. The Labute approximate surface area is 103 Å². The molecule has 3 heteroatoms. The first-order valence-corrected chi connectivity index (χ1v) is 6.92. The number of rotatable bonds is 3. The van der Waals surface area contributed by atoms with E-state index >= 15 is 0 Å². The van der Waals surface area contributed by atoms with E-state index in [-0.39, 0.29) is 0 Å². The van der Waals surface area contributed by atoms with Crippen LogP contribution in [0, 0.1) is 17.8 Å². The van der Waals surface area contributed by atoms with E-state index in [9.17, 15) is 0 Å². The largest absolute Gasteiger partial charge is 0.367 e. The fourth-order valence-electron chi connectivity index (χ4n) is 3.61. The highest BCUT2D eigenvalue weighted by Crippen LogP contribution is 2.61. The fourth-order valence-corrected chi connectivity index (χ4v) is 3.61. The van der Waals surface area contributed by atoms with Crippen LogP contribution < -0.4 is 5.73 Å². The molecule has 2 fully saturated rings. The lowest BCUT2D eigenvalue weighted by Gasteiger charge is -2.04. The fraction of sp³-hybridized carbons (Fsp3) is 0.786. The van der Waals surface area contributed by atoms with E-state index in [1.807, 2.05) is 0 Å². The maximum Gasteiger partial charge on any atom is 0.225 e. The summed E-state index contributed by atoms with van der Waals surface area (Å²) in [5.41, 5.74) is 8.30. The van der Waals surface area contributed by atoms with Gasteiger partial charge in [0.2, 0.25) is 5.88 Å². The van der Waals surface area contributed by atoms with Crippen molar-refractivity contribution in [2.24, 2.45) is 17.8 Å². The van der Waals surface area contributed by atoms with Crippen LogP contribution in [0.15, 0.2) is 4.52 Å². The van der Waals surface area contributed by atoms with Crippen molar-refractivity contribution in [1.82, 2.24) is 5.16 Å². The van der Waals surface area contributed by atoms with Crippen molar-refractivity contribution < 1.29 is 4.52 Å². The summed E-state index contributed by atoms with van der Waals surface area (Å²) < 4.78 is 5.23. The molecule has 2 aliphatic rings. The molecule has 0 amide bonds. The molecule has 0 aliphatic heterocycles. The second-order valence-electron chi connectivity index (χ2n) is 6.15. The third kappa shape index (κ3) is 1.85. The van der Waals surface area contributed by atoms with Crippen molar-refractivity contribution in [1.29, 1.82) is 0 Å². The van der Waals surface area contributed by atoms with Crippen LogP contribution in [0.4, 0.5) is 5.88 Å². The number of aromatic nitrogens is 1. The van der Waals surface area contributed by atoms with Gasteiger partial charge in [-0.25, -0.2) is 0 Å². The molecule has 2 saturated carbocycles. The number of hydrogen-bond donors (Lipinski definition) is 1. The molecule has 0 spiro atoms. The lowest BCUT2D eigenvalue weighted by Crippen LogP contribution is -2.00. The van der Waals surface area contributed by atoms with Crippen LogP contribution in [0.1, 0.15) is 56.7 Å². The standard InChI is InChI=1S/C14H22N2O/c1-8(2)7-11-13(16-17-14(11)15)12-9-5-3-4-6-10(9)12/h8-10,12H,3-7,15H2,1-2H3. The first kappa shape index (κ1) is 11.1. The third-order valence-corrected chi connectivity index (χ3v) is 4.43. The third-order valence-electron chi connectivity index (χ3n) is 4.43. The average molecular weight is 234 g/mol. The summed E-state index contributed by atoms with van der Waals surface area (Å²) in [6.45, 7) is 4.44. The zero-order valence-electron chi connectivity index (χ0n) is 10.8. The van der Waals surface area contributed by atoms with Gasteiger partial charge in [0, 0.05) is 11.5 Å². The number of nitrogen functional groups attached to an aromatic ring is 1. The van der Waals surface area contributed by atoms with Crippen molar-refractivity contribution >= 4 is 5.88 Å². The number of nitrogens with zero attached hydrogens (tertiary/aromatic N) is 1. The zero-order valence-corrected chi connectivity index (χ0v) is 10.8. The Hall–Kier alpha value is -0.990. The Morgan fingerprint density at radius 3 is 2.53 bits per heavy atom. The Morgan fingerprint density at radius 1 is 1.29 bits per heavy atom. The number of fused-ring (bicyclic) bond motifs is 1. The van der Waals surface area contributed by atoms with Crippen molar-refractivity contribution in [3.05, 3.63) is 11.3 Å². The Morgan fingerprint density at radius 2 is 1.94 bits per heavy atom. The van der Waals surface area contributed by atoms with E-state index in [0.717, 1.165) is 18.3 Å². The highest BCUT2D eigenvalue weighted by Gasteiger charge is 2.53. The van der Waals surface area contributed by atoms with Gasteiger partial charge in [-0.2, -0.15) is 0 Å². The molecule has 2 unspecified atom stereocenters. The van der Waals surface area contributed by atoms with Gasteiger partial charge in [0.1, 0.15) is 0 Å². The van der Waals surface area contributed by atoms with E-state index in [4.69, 9.17) is 10.3 Å². The first-order valence-electron chi connectivity index (χ1n) is 6.92. The Bertz CT molecular complexity index is 398. The van der Waals surface area contributed by atoms with Crippen LogP contribution in [0.5, 0.6) is 0 Å². The molecule has 3 nitrogen and oxygen atoms in total. The normalized spacial score (nSPS) is 31.6. The van der Waals surface area contributed by atoms with Crippen LogP contribution in [0.2, 0.25) is 0 Å². The Balaban J connectivity index is 1.83. The van der Waals surface area contributed by atoms with Crippen molar-refractivity contribution in [3.8, 4) is 0 Å². The second-order valence-corrected chi connectivity index (χ2v) is 6.15. The zero-order chi connectivity index (χ0) is 12.0. The molecule has 2 aliphatic carbocycles. The van der Waals surface area contributed by atoms with E-state index in [1.54, 1.807) is 0 Å². The van der Waals surface area contributed by atoms with E-state index in [0.29, 0.717) is 17.7 Å². The predicted molar refractivity (Wildman–Crippen MR) is 67.6 cm³/mol. The van der Waals surface area contributed by atoms with Crippen LogP contribution in [0.25, 0.3) is 0 Å². The molecule has 2 N–H and O–H groups in total. The van der Waals surface area contributed by atoms with Crippen molar-refractivity contribution in [2.45, 2.75) is 51.9 Å². The molecule has 2 atom stereocenters. The molecular formula is C14H22N2O. The van der Waals surface area contributed by atoms with Gasteiger partial charge in [-0.05, 0) is 37.0 Å². The average Bonchev–Trinajstić information content (AvgIpc) is 2.92. The molecule has 0 bridgehead atoms. The first-order chi connectivity index (χ1) is 8.18. The van der Waals surface area contributed by atoms with Gasteiger partial charge in [-0.15, -0.1) is 0 Å². The minimum atomic E-state index is 0.553. The highest BCUT2D eigenvalue weighted by molar-refractivity contribution is 5.43. The van der Waals surface area contributed by atoms with Crippen molar-refractivity contribution in [3.63, 3.8) is 0 Å². The summed E-state index contributed by atoms with van der Waals surface area (Å²) in [6, 6.07) is 0. The van der Waals surface area contributed by atoms with Crippen LogP contribution in [0.3, 0.4) is 0 Å². The minimum Gasteiger partial charge on any atom is -0.367 e. The van der Waals surface area contributed by atoms with Gasteiger partial charge in [0.15, 0.2) is 0 Å². The van der Waals surface area contributed by atoms with Gasteiger partial charge in [0.05, 0.1) is 5.69 Å². The molecule has 1 heterocycles. The summed E-state index contributed by atoms with van der Waals surface area (Å²) in [7, 11) is 0.